The highest BCUT2D eigenvalue weighted by Gasteiger charge is 2.18. The number of rotatable bonds is 5. The molecule has 8 nitrogen and oxygen atoms in total. The first-order chi connectivity index (χ1) is 18.6. The molecule has 9 heteroatoms. The van der Waals surface area contributed by atoms with E-state index in [-0.39, 0.29) is 5.82 Å². The number of fused-ring (bicyclic) bond motifs is 2. The zero-order valence-electron chi connectivity index (χ0n) is 20.9. The van der Waals surface area contributed by atoms with E-state index in [1.165, 1.54) is 30.5 Å². The second kappa shape index (κ2) is 9.11. The molecule has 1 aromatic carbocycles. The van der Waals surface area contributed by atoms with Gasteiger partial charge in [0.2, 0.25) is 0 Å². The summed E-state index contributed by atoms with van der Waals surface area (Å²) < 4.78 is 14.1. The lowest BCUT2D eigenvalue weighted by atomic mass is 10.0. The molecule has 0 unspecified atom stereocenters. The van der Waals surface area contributed by atoms with Gasteiger partial charge in [0.25, 0.3) is 0 Å². The largest absolute Gasteiger partial charge is 0.335 e. The van der Waals surface area contributed by atoms with E-state index in [0.717, 1.165) is 58.6 Å². The monoisotopic (exact) mass is 504 g/mol. The maximum Gasteiger partial charge on any atom is 0.178 e. The Morgan fingerprint density at radius 2 is 1.87 bits per heavy atom. The second-order valence-electron chi connectivity index (χ2n) is 9.89. The lowest BCUT2D eigenvalue weighted by molar-refractivity contribution is 0.331. The Morgan fingerprint density at radius 1 is 0.974 bits per heavy atom. The Labute approximate surface area is 218 Å². The van der Waals surface area contributed by atoms with Gasteiger partial charge < -0.3 is 4.98 Å². The molecule has 1 saturated heterocycles. The fourth-order valence-electron chi connectivity index (χ4n) is 5.29. The third-order valence-electron chi connectivity index (χ3n) is 7.07. The molecule has 2 N–H and O–H groups in total. The predicted octanol–water partition coefficient (Wildman–Crippen LogP) is 5.67. The lowest BCUT2D eigenvalue weighted by Crippen LogP contribution is -2.18. The van der Waals surface area contributed by atoms with Crippen LogP contribution in [0.25, 0.3) is 56.1 Å². The van der Waals surface area contributed by atoms with Crippen LogP contribution in [0.5, 0.6) is 0 Å². The highest BCUT2D eigenvalue weighted by Crippen LogP contribution is 2.32. The number of aromatic nitrogens is 7. The molecule has 1 fully saturated rings. The van der Waals surface area contributed by atoms with Crippen molar-refractivity contribution in [2.75, 3.05) is 13.1 Å². The van der Waals surface area contributed by atoms with E-state index in [2.05, 4.69) is 36.1 Å². The molecule has 0 saturated carbocycles. The molecule has 1 aliphatic heterocycles. The summed E-state index contributed by atoms with van der Waals surface area (Å²) in [5.74, 6) is 0.267. The normalized spacial score (nSPS) is 14.2. The summed E-state index contributed by atoms with van der Waals surface area (Å²) in [4.78, 5) is 24.4. The molecular formula is C29H25FN8. The Morgan fingerprint density at radius 3 is 2.74 bits per heavy atom. The minimum absolute atomic E-state index is 0.279. The zero-order chi connectivity index (χ0) is 25.6. The number of benzene rings is 1. The van der Waals surface area contributed by atoms with Gasteiger partial charge in [0.15, 0.2) is 17.2 Å². The molecular weight excluding hydrogens is 479 g/mol. The predicted molar refractivity (Wildman–Crippen MR) is 145 cm³/mol. The number of pyridine rings is 3. The van der Waals surface area contributed by atoms with Gasteiger partial charge in [-0.1, -0.05) is 6.07 Å². The van der Waals surface area contributed by atoms with Crippen LogP contribution < -0.4 is 0 Å². The molecule has 0 amide bonds. The van der Waals surface area contributed by atoms with Crippen molar-refractivity contribution >= 4 is 22.2 Å². The molecule has 38 heavy (non-hydrogen) atoms. The Bertz CT molecular complexity index is 1780. The van der Waals surface area contributed by atoms with Gasteiger partial charge in [-0.3, -0.25) is 15.0 Å². The van der Waals surface area contributed by atoms with Crippen LogP contribution in [-0.4, -0.2) is 53.1 Å². The number of aromatic amines is 2. The lowest BCUT2D eigenvalue weighted by Gasteiger charge is -2.14. The van der Waals surface area contributed by atoms with Crippen LogP contribution in [0.1, 0.15) is 24.0 Å². The standard InChI is InChI=1S/C29H25FN8/c1-17-10-19(13-21(30)11-17)22-6-7-32-28-25(22)34-29(35-28)27-26-24(36-37-27)5-4-23(33-26)20-12-18(14-31-15-20)16-38-8-2-3-9-38/h4-7,10-15H,2-3,8-9,16H2,1H3,(H,36,37)(H,32,34,35). The number of nitrogens with one attached hydrogen (secondary N) is 2. The molecule has 6 aromatic rings. The summed E-state index contributed by atoms with van der Waals surface area (Å²) in [6, 6.07) is 13.0. The third-order valence-corrected chi connectivity index (χ3v) is 7.07. The van der Waals surface area contributed by atoms with E-state index in [4.69, 9.17) is 9.97 Å². The average molecular weight is 505 g/mol. The van der Waals surface area contributed by atoms with Gasteiger partial charge in [-0.25, -0.2) is 19.3 Å². The first-order valence-corrected chi connectivity index (χ1v) is 12.8. The maximum atomic E-state index is 14.1. The molecule has 0 bridgehead atoms. The number of nitrogens with zero attached hydrogens (tertiary/aromatic N) is 6. The van der Waals surface area contributed by atoms with Gasteiger partial charge >= 0.3 is 0 Å². The molecule has 7 rings (SSSR count). The van der Waals surface area contributed by atoms with Crippen molar-refractivity contribution in [1.29, 1.82) is 0 Å². The SMILES string of the molecule is Cc1cc(F)cc(-c2ccnc3nc(-c4n[nH]c5ccc(-c6cncc(CN7CCCC7)c6)nc45)[nH]c23)c1. The van der Waals surface area contributed by atoms with Crippen LogP contribution in [0, 0.1) is 12.7 Å². The van der Waals surface area contributed by atoms with Crippen LogP contribution in [0.3, 0.4) is 0 Å². The minimum atomic E-state index is -0.279. The number of likely N-dealkylation sites (tertiary alicyclic amines) is 1. The highest BCUT2D eigenvalue weighted by atomic mass is 19.1. The fourth-order valence-corrected chi connectivity index (χ4v) is 5.29. The molecule has 1 aliphatic rings. The fraction of sp³-hybridized carbons (Fsp3) is 0.207. The molecule has 0 spiro atoms. The van der Waals surface area contributed by atoms with Crippen molar-refractivity contribution in [2.24, 2.45) is 0 Å². The van der Waals surface area contributed by atoms with E-state index in [9.17, 15) is 4.39 Å². The van der Waals surface area contributed by atoms with E-state index in [1.54, 1.807) is 6.20 Å². The quantitative estimate of drug-likeness (QED) is 0.314. The molecule has 5 aromatic heterocycles. The zero-order valence-corrected chi connectivity index (χ0v) is 20.9. The number of aryl methyl sites for hydroxylation is 1. The minimum Gasteiger partial charge on any atom is -0.335 e. The summed E-state index contributed by atoms with van der Waals surface area (Å²) in [7, 11) is 0. The topological polar surface area (TPSA) is 99.3 Å². The van der Waals surface area contributed by atoms with Crippen molar-refractivity contribution in [2.45, 2.75) is 26.3 Å². The summed E-state index contributed by atoms with van der Waals surface area (Å²) in [6.45, 7) is 5.05. The summed E-state index contributed by atoms with van der Waals surface area (Å²) in [5, 5.41) is 7.59. The van der Waals surface area contributed by atoms with Crippen molar-refractivity contribution in [3.63, 3.8) is 0 Å². The third kappa shape index (κ3) is 4.10. The van der Waals surface area contributed by atoms with Crippen LogP contribution in [-0.2, 0) is 6.54 Å². The van der Waals surface area contributed by atoms with Gasteiger partial charge in [-0.05, 0) is 85.9 Å². The molecule has 6 heterocycles. The van der Waals surface area contributed by atoms with Crippen LogP contribution in [0.15, 0.2) is 61.1 Å². The summed E-state index contributed by atoms with van der Waals surface area (Å²) >= 11 is 0. The summed E-state index contributed by atoms with van der Waals surface area (Å²) in [6.07, 6.45) is 7.98. The van der Waals surface area contributed by atoms with Crippen molar-refractivity contribution in [3.8, 4) is 33.9 Å². The van der Waals surface area contributed by atoms with Gasteiger partial charge in [0.1, 0.15) is 11.3 Å². The van der Waals surface area contributed by atoms with Crippen molar-refractivity contribution in [1.82, 2.24) is 40.0 Å². The maximum absolute atomic E-state index is 14.1. The van der Waals surface area contributed by atoms with E-state index >= 15 is 0 Å². The van der Waals surface area contributed by atoms with Crippen molar-refractivity contribution in [3.05, 3.63) is 78.0 Å². The van der Waals surface area contributed by atoms with Gasteiger partial charge in [0.05, 0.1) is 16.7 Å². The smallest absolute Gasteiger partial charge is 0.178 e. The number of imidazole rings is 1. The van der Waals surface area contributed by atoms with Gasteiger partial charge in [0, 0.05) is 36.3 Å². The number of H-pyrrole nitrogens is 2. The van der Waals surface area contributed by atoms with Gasteiger partial charge in [-0.15, -0.1) is 0 Å². The molecule has 0 radical (unpaired) electrons. The number of hydrogen-bond acceptors (Lipinski definition) is 6. The van der Waals surface area contributed by atoms with Crippen molar-refractivity contribution < 1.29 is 4.39 Å². The van der Waals surface area contributed by atoms with Crippen LogP contribution in [0.4, 0.5) is 4.39 Å². The van der Waals surface area contributed by atoms with E-state index in [0.29, 0.717) is 22.7 Å². The number of hydrogen-bond donors (Lipinski definition) is 2. The van der Waals surface area contributed by atoms with E-state index < -0.39 is 0 Å². The van der Waals surface area contributed by atoms with E-state index in [1.807, 2.05) is 43.6 Å². The number of halogens is 1. The van der Waals surface area contributed by atoms with Crippen LogP contribution >= 0.6 is 0 Å². The molecule has 0 atom stereocenters. The Balaban J connectivity index is 1.28. The average Bonchev–Trinajstić information content (AvgIpc) is 3.67. The highest BCUT2D eigenvalue weighted by molar-refractivity contribution is 5.95. The summed E-state index contributed by atoms with van der Waals surface area (Å²) in [5.41, 5.74) is 8.76. The second-order valence-corrected chi connectivity index (χ2v) is 9.89. The van der Waals surface area contributed by atoms with Crippen LogP contribution in [0.2, 0.25) is 0 Å². The first-order valence-electron chi connectivity index (χ1n) is 12.8. The molecule has 0 aliphatic carbocycles. The Hall–Kier alpha value is -4.50. The molecule has 188 valence electrons. The van der Waals surface area contributed by atoms with Gasteiger partial charge in [-0.2, -0.15) is 5.10 Å². The first kappa shape index (κ1) is 22.7. The Kier molecular flexibility index (Phi) is 5.44.